The Balaban J connectivity index is 2.08. The summed E-state index contributed by atoms with van der Waals surface area (Å²) < 4.78 is 19.4. The molecular weight excluding hydrogens is 321 g/mol. The van der Waals surface area contributed by atoms with Crippen molar-refractivity contribution in [3.05, 3.63) is 57.3 Å². The van der Waals surface area contributed by atoms with Gasteiger partial charge in [-0.15, -0.1) is 0 Å². The van der Waals surface area contributed by atoms with Crippen molar-refractivity contribution >= 4 is 33.2 Å². The van der Waals surface area contributed by atoms with E-state index in [1.165, 1.54) is 18.2 Å². The van der Waals surface area contributed by atoms with Crippen LogP contribution in [0.2, 0.25) is 5.02 Å². The number of nitrogen functional groups attached to an aromatic ring is 1. The molecule has 94 valence electrons. The van der Waals surface area contributed by atoms with Crippen molar-refractivity contribution < 1.29 is 9.13 Å². The number of halogens is 3. The van der Waals surface area contributed by atoms with Crippen molar-refractivity contribution in [3.63, 3.8) is 0 Å². The summed E-state index contributed by atoms with van der Waals surface area (Å²) in [5.74, 6) is 0.0515. The quantitative estimate of drug-likeness (QED) is 0.846. The van der Waals surface area contributed by atoms with Gasteiger partial charge in [-0.1, -0.05) is 27.5 Å². The molecule has 2 aromatic carbocycles. The predicted octanol–water partition coefficient (Wildman–Crippen LogP) is 4.40. The summed E-state index contributed by atoms with van der Waals surface area (Å²) >= 11 is 9.02. The third kappa shape index (κ3) is 3.37. The van der Waals surface area contributed by atoms with Gasteiger partial charge in [-0.2, -0.15) is 0 Å². The fraction of sp³-hybridized carbons (Fsp3) is 0.0769. The predicted molar refractivity (Wildman–Crippen MR) is 74.3 cm³/mol. The molecule has 0 saturated heterocycles. The molecule has 0 saturated carbocycles. The molecule has 0 aliphatic heterocycles. The second kappa shape index (κ2) is 5.59. The largest absolute Gasteiger partial charge is 0.489 e. The zero-order chi connectivity index (χ0) is 13.1. The molecule has 5 heteroatoms. The molecule has 0 spiro atoms. The van der Waals surface area contributed by atoms with Gasteiger partial charge in [-0.3, -0.25) is 0 Å². The highest BCUT2D eigenvalue weighted by atomic mass is 79.9. The maximum absolute atomic E-state index is 13.0. The second-order valence-electron chi connectivity index (χ2n) is 3.76. The number of rotatable bonds is 3. The van der Waals surface area contributed by atoms with E-state index in [0.717, 1.165) is 10.0 Å². The average molecular weight is 331 g/mol. The Morgan fingerprint density at radius 2 is 2.00 bits per heavy atom. The van der Waals surface area contributed by atoms with Crippen LogP contribution in [-0.4, -0.2) is 0 Å². The molecule has 0 aliphatic carbocycles. The summed E-state index contributed by atoms with van der Waals surface area (Å²) in [5, 5.41) is 0.0428. The number of hydrogen-bond donors (Lipinski definition) is 1. The first kappa shape index (κ1) is 13.2. The number of anilines is 1. The highest BCUT2D eigenvalue weighted by Crippen LogP contribution is 2.23. The molecule has 0 unspecified atom stereocenters. The van der Waals surface area contributed by atoms with E-state index in [0.29, 0.717) is 18.0 Å². The van der Waals surface area contributed by atoms with E-state index in [-0.39, 0.29) is 5.02 Å². The van der Waals surface area contributed by atoms with Crippen LogP contribution in [0.4, 0.5) is 10.1 Å². The molecule has 0 aromatic heterocycles. The Kier molecular flexibility index (Phi) is 4.09. The number of nitrogens with two attached hydrogens (primary N) is 1. The molecule has 18 heavy (non-hydrogen) atoms. The lowest BCUT2D eigenvalue weighted by Crippen LogP contribution is -1.97. The van der Waals surface area contributed by atoms with E-state index >= 15 is 0 Å². The minimum Gasteiger partial charge on any atom is -0.489 e. The normalized spacial score (nSPS) is 10.4. The van der Waals surface area contributed by atoms with Gasteiger partial charge >= 0.3 is 0 Å². The molecule has 2 N–H and O–H groups in total. The summed E-state index contributed by atoms with van der Waals surface area (Å²) in [6.07, 6.45) is 0. The second-order valence-corrected chi connectivity index (χ2v) is 5.08. The first-order valence-corrected chi connectivity index (χ1v) is 6.34. The fourth-order valence-electron chi connectivity index (χ4n) is 1.49. The van der Waals surface area contributed by atoms with Gasteiger partial charge in [0.25, 0.3) is 0 Å². The van der Waals surface area contributed by atoms with Crippen LogP contribution >= 0.6 is 27.5 Å². The van der Waals surface area contributed by atoms with Crippen LogP contribution in [0, 0.1) is 5.82 Å². The van der Waals surface area contributed by atoms with E-state index in [2.05, 4.69) is 15.9 Å². The minimum atomic E-state index is -0.462. The third-order valence-corrected chi connectivity index (χ3v) is 3.02. The monoisotopic (exact) mass is 329 g/mol. The van der Waals surface area contributed by atoms with E-state index in [9.17, 15) is 4.39 Å². The van der Waals surface area contributed by atoms with Crippen LogP contribution in [0.3, 0.4) is 0 Å². The minimum absolute atomic E-state index is 0.0428. The van der Waals surface area contributed by atoms with Crippen molar-refractivity contribution in [2.24, 2.45) is 0 Å². The molecule has 2 aromatic rings. The first-order valence-electron chi connectivity index (χ1n) is 5.17. The van der Waals surface area contributed by atoms with Crippen LogP contribution in [0.5, 0.6) is 5.75 Å². The van der Waals surface area contributed by atoms with Crippen molar-refractivity contribution in [2.75, 3.05) is 5.73 Å². The molecular formula is C13H10BrClFNO. The number of benzene rings is 2. The Morgan fingerprint density at radius 1 is 1.22 bits per heavy atom. The van der Waals surface area contributed by atoms with Crippen molar-refractivity contribution in [3.8, 4) is 5.75 Å². The Hall–Kier alpha value is -1.26. The standard InChI is InChI=1S/C13H10BrClFNO/c14-9-3-8(4-10(17)5-9)7-18-11-1-2-13(16)12(15)6-11/h1-6H,7,17H2. The van der Waals surface area contributed by atoms with Crippen LogP contribution in [0.1, 0.15) is 5.56 Å². The number of hydrogen-bond acceptors (Lipinski definition) is 2. The smallest absolute Gasteiger partial charge is 0.142 e. The lowest BCUT2D eigenvalue weighted by molar-refractivity contribution is 0.306. The van der Waals surface area contributed by atoms with Crippen molar-refractivity contribution in [2.45, 2.75) is 6.61 Å². The lowest BCUT2D eigenvalue weighted by atomic mass is 10.2. The summed E-state index contributed by atoms with van der Waals surface area (Å²) in [4.78, 5) is 0. The topological polar surface area (TPSA) is 35.2 Å². The highest BCUT2D eigenvalue weighted by molar-refractivity contribution is 9.10. The average Bonchev–Trinajstić information content (AvgIpc) is 2.29. The van der Waals surface area contributed by atoms with E-state index in [1.807, 2.05) is 12.1 Å². The zero-order valence-corrected chi connectivity index (χ0v) is 11.6. The molecule has 0 heterocycles. The SMILES string of the molecule is Nc1cc(Br)cc(COc2ccc(F)c(Cl)c2)c1. The summed E-state index contributed by atoms with van der Waals surface area (Å²) in [6.45, 7) is 0.339. The highest BCUT2D eigenvalue weighted by Gasteiger charge is 2.03. The van der Waals surface area contributed by atoms with Gasteiger partial charge < -0.3 is 10.5 Å². The van der Waals surface area contributed by atoms with E-state index in [4.69, 9.17) is 22.1 Å². The molecule has 0 amide bonds. The first-order chi connectivity index (χ1) is 8.54. The van der Waals surface area contributed by atoms with E-state index in [1.54, 1.807) is 6.07 Å². The van der Waals surface area contributed by atoms with Gasteiger partial charge in [0.15, 0.2) is 0 Å². The molecule has 0 atom stereocenters. The van der Waals surface area contributed by atoms with Gasteiger partial charge in [0.2, 0.25) is 0 Å². The Labute approximate surface area is 118 Å². The maximum atomic E-state index is 13.0. The van der Waals surface area contributed by atoms with Crippen LogP contribution in [0.15, 0.2) is 40.9 Å². The third-order valence-electron chi connectivity index (χ3n) is 2.28. The Bertz CT molecular complexity index is 557. The fourth-order valence-corrected chi connectivity index (χ4v) is 2.22. The summed E-state index contributed by atoms with van der Waals surface area (Å²) in [7, 11) is 0. The molecule has 0 radical (unpaired) electrons. The van der Waals surface area contributed by atoms with Crippen molar-refractivity contribution in [1.29, 1.82) is 0 Å². The number of ether oxygens (including phenoxy) is 1. The van der Waals surface area contributed by atoms with Gasteiger partial charge in [-0.05, 0) is 35.9 Å². The molecule has 0 bridgehead atoms. The molecule has 0 aliphatic rings. The van der Waals surface area contributed by atoms with Crippen molar-refractivity contribution in [1.82, 2.24) is 0 Å². The lowest BCUT2D eigenvalue weighted by Gasteiger charge is -2.08. The van der Waals surface area contributed by atoms with Crippen LogP contribution < -0.4 is 10.5 Å². The van der Waals surface area contributed by atoms with Gasteiger partial charge in [0, 0.05) is 16.2 Å². The van der Waals surface area contributed by atoms with E-state index < -0.39 is 5.82 Å². The van der Waals surface area contributed by atoms with Crippen LogP contribution in [0.25, 0.3) is 0 Å². The maximum Gasteiger partial charge on any atom is 0.142 e. The summed E-state index contributed by atoms with van der Waals surface area (Å²) in [5.41, 5.74) is 7.29. The van der Waals surface area contributed by atoms with Gasteiger partial charge in [0.1, 0.15) is 18.2 Å². The van der Waals surface area contributed by atoms with Crippen LogP contribution in [-0.2, 0) is 6.61 Å². The molecule has 2 rings (SSSR count). The van der Waals surface area contributed by atoms with Gasteiger partial charge in [0.05, 0.1) is 5.02 Å². The molecule has 2 nitrogen and oxygen atoms in total. The summed E-state index contributed by atoms with van der Waals surface area (Å²) in [6, 6.07) is 9.77. The Morgan fingerprint density at radius 3 is 2.67 bits per heavy atom. The zero-order valence-electron chi connectivity index (χ0n) is 9.29. The van der Waals surface area contributed by atoms with Gasteiger partial charge in [-0.25, -0.2) is 4.39 Å². The molecule has 0 fully saturated rings.